The second kappa shape index (κ2) is 15.7. The van der Waals surface area contributed by atoms with E-state index in [1.807, 2.05) is 0 Å². The van der Waals surface area contributed by atoms with Crippen molar-refractivity contribution in [1.82, 2.24) is 0 Å². The molecule has 4 heavy (non-hydrogen) atoms. The van der Waals surface area contributed by atoms with Gasteiger partial charge in [-0.3, -0.25) is 0 Å². The molecule has 0 aromatic rings. The van der Waals surface area contributed by atoms with E-state index in [0.717, 1.165) is 0 Å². The number of rotatable bonds is 0. The summed E-state index contributed by atoms with van der Waals surface area (Å²) < 4.78 is 0. The SMILES string of the molecule is [Er].[Gd].[O-2].[Yb]. The molecule has 0 aliphatic carbocycles. The van der Waals surface area contributed by atoms with Gasteiger partial charge in [-0.1, -0.05) is 0 Å². The van der Waals surface area contributed by atoms with Crippen molar-refractivity contribution >= 4 is 0 Å². The smallest absolute Gasteiger partial charge is 0 e. The van der Waals surface area contributed by atoms with E-state index < -0.39 is 0 Å². The molecule has 4 heteroatoms. The predicted octanol–water partition coefficient (Wildman–Crippen LogP) is -0.119. The molecule has 1 nitrogen and oxygen atoms in total. The Morgan fingerprint density at radius 3 is 1.00 bits per heavy atom. The van der Waals surface area contributed by atoms with Crippen LogP contribution in [0.3, 0.4) is 0 Å². The van der Waals surface area contributed by atoms with Gasteiger partial charge in [0.25, 0.3) is 0 Å². The van der Waals surface area contributed by atoms with Crippen LogP contribution in [-0.4, -0.2) is 0 Å². The minimum atomic E-state index is 0. The summed E-state index contributed by atoms with van der Waals surface area (Å²) in [6, 6.07) is 0. The van der Waals surface area contributed by atoms with Crippen LogP contribution in [0.2, 0.25) is 0 Å². The van der Waals surface area contributed by atoms with Crippen molar-refractivity contribution in [3.63, 3.8) is 0 Å². The number of hydrogen-bond donors (Lipinski definition) is 0. The third-order valence-electron chi connectivity index (χ3n) is 0. The molecule has 0 unspecified atom stereocenters. The van der Waals surface area contributed by atoms with Gasteiger partial charge in [-0.15, -0.1) is 0 Å². The van der Waals surface area contributed by atoms with Crippen LogP contribution in [0.5, 0.6) is 0 Å². The van der Waals surface area contributed by atoms with Crippen LogP contribution in [0.1, 0.15) is 0 Å². The summed E-state index contributed by atoms with van der Waals surface area (Å²) in [7, 11) is 0. The molecule has 0 heterocycles. The zero-order valence-corrected chi connectivity index (χ0v) is 7.15. The summed E-state index contributed by atoms with van der Waals surface area (Å²) in [6.45, 7) is 0. The summed E-state index contributed by atoms with van der Waals surface area (Å²) in [6.07, 6.45) is 0. The van der Waals surface area contributed by atoms with Crippen LogP contribution >= 0.6 is 0 Å². The summed E-state index contributed by atoms with van der Waals surface area (Å²) in [5.41, 5.74) is 0. The molecule has 0 fully saturated rings. The van der Waals surface area contributed by atoms with Gasteiger partial charge in [0.15, 0.2) is 0 Å². The van der Waals surface area contributed by atoms with Crippen LogP contribution < -0.4 is 0 Å². The van der Waals surface area contributed by atoms with E-state index in [1.165, 1.54) is 0 Å². The maximum atomic E-state index is 0. The Balaban J connectivity index is 0. The van der Waals surface area contributed by atoms with Crippen LogP contribution in [0.25, 0.3) is 0 Å². The summed E-state index contributed by atoms with van der Waals surface area (Å²) >= 11 is 0. The van der Waals surface area contributed by atoms with Gasteiger partial charge in [0.1, 0.15) is 0 Å². The van der Waals surface area contributed by atoms with E-state index >= 15 is 0 Å². The Morgan fingerprint density at radius 1 is 1.00 bits per heavy atom. The minimum absolute atomic E-state index is 0. The largest absolute Gasteiger partial charge is 2.00 e. The van der Waals surface area contributed by atoms with Gasteiger partial charge >= 0.3 is 0 Å². The normalized spacial score (nSPS) is 0. The third-order valence-corrected chi connectivity index (χ3v) is 0. The molecular weight excluding hydrogens is 514 g/mol. The maximum absolute atomic E-state index is 0. The molecule has 0 rings (SSSR count). The zero-order chi connectivity index (χ0) is 0. The molecule has 0 bridgehead atoms. The van der Waals surface area contributed by atoms with E-state index in [9.17, 15) is 0 Å². The van der Waals surface area contributed by atoms with E-state index in [0.29, 0.717) is 0 Å². The van der Waals surface area contributed by atoms with Crippen LogP contribution in [-0.2, 0) is 5.48 Å². The van der Waals surface area contributed by atoms with Crippen LogP contribution in [0.15, 0.2) is 0 Å². The Hall–Kier alpha value is 4.05. The third kappa shape index (κ3) is 9.41. The summed E-state index contributed by atoms with van der Waals surface area (Å²) in [5.74, 6) is 0. The van der Waals surface area contributed by atoms with Crippen molar-refractivity contribution in [1.29, 1.82) is 0 Å². The molecule has 0 atom stereocenters. The first-order valence-corrected chi connectivity index (χ1v) is 0. The van der Waals surface area contributed by atoms with Crippen molar-refractivity contribution in [3.8, 4) is 0 Å². The molecule has 42 valence electrons. The van der Waals surface area contributed by atoms with Gasteiger partial charge in [0, 0.05) is 124 Å². The monoisotopic (exact) mass is 514 g/mol. The van der Waals surface area contributed by atoms with E-state index in [1.54, 1.807) is 0 Å². The van der Waals surface area contributed by atoms with Crippen molar-refractivity contribution in [2.45, 2.75) is 0 Å². The molecule has 0 amide bonds. The molecular formula is ErGdOYb-2. The topological polar surface area (TPSA) is 28.5 Å². The Kier molecular flexibility index (Phi) is 95.9. The quantitative estimate of drug-likeness (QED) is 0.433. The second-order valence-corrected chi connectivity index (χ2v) is 0. The van der Waals surface area contributed by atoms with Crippen LogP contribution in [0, 0.1) is 124 Å². The standard InChI is InChI=1S/Er.Gd.O.Yb/q;;-2;. The van der Waals surface area contributed by atoms with Gasteiger partial charge < -0.3 is 5.48 Å². The first-order valence-electron chi connectivity index (χ1n) is 0. The average Bonchev–Trinajstić information content (AvgIpc) is 0. The van der Waals surface area contributed by atoms with Crippen molar-refractivity contribution in [2.24, 2.45) is 0 Å². The molecule has 0 saturated carbocycles. The molecule has 0 aliphatic heterocycles. The fraction of sp³-hybridized carbons (Fsp3) is 0. The van der Waals surface area contributed by atoms with E-state index in [-0.39, 0.29) is 130 Å². The van der Waals surface area contributed by atoms with E-state index in [4.69, 9.17) is 0 Å². The van der Waals surface area contributed by atoms with Gasteiger partial charge in [-0.2, -0.15) is 0 Å². The van der Waals surface area contributed by atoms with Crippen molar-refractivity contribution in [2.75, 3.05) is 0 Å². The molecule has 0 aromatic carbocycles. The molecule has 0 radical (unpaired) electrons. The summed E-state index contributed by atoms with van der Waals surface area (Å²) in [5, 5.41) is 0. The van der Waals surface area contributed by atoms with Crippen LogP contribution in [0.4, 0.5) is 0 Å². The fourth-order valence-corrected chi connectivity index (χ4v) is 0. The Labute approximate surface area is 125 Å². The number of hydrogen-bond acceptors (Lipinski definition) is 0. The second-order valence-electron chi connectivity index (χ2n) is 0. The maximum Gasteiger partial charge on any atom is 0 e. The van der Waals surface area contributed by atoms with Crippen molar-refractivity contribution in [3.05, 3.63) is 0 Å². The van der Waals surface area contributed by atoms with Gasteiger partial charge in [0.2, 0.25) is 0 Å². The fourth-order valence-electron chi connectivity index (χ4n) is 0. The van der Waals surface area contributed by atoms with E-state index in [2.05, 4.69) is 0 Å². The first kappa shape index (κ1) is 24.4. The Bertz CT molecular complexity index is 8.00. The molecule has 0 spiro atoms. The first-order chi connectivity index (χ1) is 0. The van der Waals surface area contributed by atoms with Gasteiger partial charge in [-0.25, -0.2) is 0 Å². The minimum Gasteiger partial charge on any atom is -2.00 e. The Morgan fingerprint density at radius 2 is 1.00 bits per heavy atom. The molecule has 0 aromatic heterocycles. The van der Waals surface area contributed by atoms with Gasteiger partial charge in [0.05, 0.1) is 0 Å². The van der Waals surface area contributed by atoms with Gasteiger partial charge in [-0.05, 0) is 0 Å². The zero-order valence-electron chi connectivity index (χ0n) is 1.32. The van der Waals surface area contributed by atoms with Crippen molar-refractivity contribution < 1.29 is 130 Å². The molecule has 0 saturated heterocycles. The average molecular weight is 514 g/mol. The molecule has 0 N–H and O–H groups in total. The molecule has 0 aliphatic rings. The summed E-state index contributed by atoms with van der Waals surface area (Å²) in [4.78, 5) is 0. The predicted molar refractivity (Wildman–Crippen MR) is 0.686 cm³/mol.